The Bertz CT molecular complexity index is 1000. The van der Waals surface area contributed by atoms with Crippen molar-refractivity contribution in [1.29, 1.82) is 0 Å². The Kier molecular flexibility index (Phi) is 6.29. The Morgan fingerprint density at radius 2 is 1.63 bits per heavy atom. The number of piperidine rings is 1. The molecule has 2 aromatic rings. The SMILES string of the molecule is CCc1ccccc1C(=O)N1CCC(c2cccc(CN)c2)CC1.c1cc2cc-2c1. The van der Waals surface area contributed by atoms with Crippen molar-refractivity contribution < 1.29 is 4.79 Å². The molecule has 1 aliphatic heterocycles. The summed E-state index contributed by atoms with van der Waals surface area (Å²) in [6, 6.07) is 25.0. The van der Waals surface area contributed by atoms with Crippen molar-refractivity contribution in [2.75, 3.05) is 13.1 Å². The third-order valence-corrected chi connectivity index (χ3v) is 6.18. The smallest absolute Gasteiger partial charge is 0.254 e. The second kappa shape index (κ2) is 9.27. The lowest BCUT2D eigenvalue weighted by Crippen LogP contribution is -2.38. The number of nitrogens with zero attached hydrogens (tertiary/aromatic N) is 1. The molecule has 1 heterocycles. The highest BCUT2D eigenvalue weighted by atomic mass is 16.2. The fraction of sp³-hybridized carbons (Fsp3) is 0.296. The van der Waals surface area contributed by atoms with E-state index in [4.69, 9.17) is 5.73 Å². The molecule has 154 valence electrons. The molecular formula is C27H30N2O. The molecule has 2 aliphatic carbocycles. The van der Waals surface area contributed by atoms with Crippen molar-refractivity contribution in [3.05, 3.63) is 95.1 Å². The number of likely N-dealkylation sites (tertiary alicyclic amines) is 1. The number of rotatable bonds is 4. The second-order valence-corrected chi connectivity index (χ2v) is 8.11. The van der Waals surface area contributed by atoms with Crippen LogP contribution < -0.4 is 5.73 Å². The van der Waals surface area contributed by atoms with Crippen molar-refractivity contribution in [2.24, 2.45) is 5.73 Å². The molecule has 0 atom stereocenters. The Labute approximate surface area is 179 Å². The lowest BCUT2D eigenvalue weighted by atomic mass is 9.88. The third-order valence-electron chi connectivity index (χ3n) is 6.18. The predicted octanol–water partition coefficient (Wildman–Crippen LogP) is 5.39. The molecule has 1 fully saturated rings. The lowest BCUT2D eigenvalue weighted by molar-refractivity contribution is 0.0712. The lowest BCUT2D eigenvalue weighted by Gasteiger charge is -2.33. The number of hydrogen-bond donors (Lipinski definition) is 1. The minimum atomic E-state index is 0.182. The summed E-state index contributed by atoms with van der Waals surface area (Å²) >= 11 is 0. The van der Waals surface area contributed by atoms with Gasteiger partial charge in [-0.2, -0.15) is 0 Å². The van der Waals surface area contributed by atoms with Crippen LogP contribution in [0.5, 0.6) is 0 Å². The van der Waals surface area contributed by atoms with Crippen LogP contribution in [0.25, 0.3) is 11.1 Å². The first-order chi connectivity index (χ1) is 14.7. The average molecular weight is 399 g/mol. The fourth-order valence-electron chi connectivity index (χ4n) is 4.27. The summed E-state index contributed by atoms with van der Waals surface area (Å²) in [5, 5.41) is 0. The maximum Gasteiger partial charge on any atom is 0.254 e. The maximum absolute atomic E-state index is 12.8. The first kappa shape index (κ1) is 20.4. The van der Waals surface area contributed by atoms with Gasteiger partial charge in [-0.05, 0) is 65.1 Å². The van der Waals surface area contributed by atoms with Crippen LogP contribution in [0.1, 0.15) is 52.7 Å². The van der Waals surface area contributed by atoms with Gasteiger partial charge in [0.15, 0.2) is 0 Å². The Hall–Kier alpha value is -2.91. The van der Waals surface area contributed by atoms with Crippen LogP contribution >= 0.6 is 0 Å². The monoisotopic (exact) mass is 398 g/mol. The second-order valence-electron chi connectivity index (χ2n) is 8.11. The molecule has 0 unspecified atom stereocenters. The van der Waals surface area contributed by atoms with E-state index in [2.05, 4.69) is 61.5 Å². The van der Waals surface area contributed by atoms with Crippen LogP contribution in [-0.4, -0.2) is 23.9 Å². The van der Waals surface area contributed by atoms with Gasteiger partial charge in [0.25, 0.3) is 5.91 Å². The quantitative estimate of drug-likeness (QED) is 0.501. The highest BCUT2D eigenvalue weighted by Crippen LogP contribution is 2.32. The van der Waals surface area contributed by atoms with Gasteiger partial charge in [0, 0.05) is 25.2 Å². The van der Waals surface area contributed by atoms with E-state index in [0.717, 1.165) is 43.5 Å². The van der Waals surface area contributed by atoms with Gasteiger partial charge in [-0.3, -0.25) is 4.79 Å². The molecule has 0 spiro atoms. The van der Waals surface area contributed by atoms with Gasteiger partial charge in [0.1, 0.15) is 0 Å². The van der Waals surface area contributed by atoms with Gasteiger partial charge < -0.3 is 10.6 Å². The topological polar surface area (TPSA) is 46.3 Å². The van der Waals surface area contributed by atoms with Gasteiger partial charge in [-0.15, -0.1) is 0 Å². The standard InChI is InChI=1S/C21H26N2O.C6H4/c1-2-17-7-3-4-9-20(17)21(24)23-12-10-18(11-13-23)19-8-5-6-16(14-19)15-22;1-2-5-4-6(5)3-1/h3-9,14,18H,2,10-13,15,22H2,1H3;1-4H. The van der Waals surface area contributed by atoms with Gasteiger partial charge >= 0.3 is 0 Å². The average Bonchev–Trinajstić information content (AvgIpc) is 3.43. The van der Waals surface area contributed by atoms with Crippen molar-refractivity contribution in [3.8, 4) is 11.1 Å². The molecule has 1 amide bonds. The summed E-state index contributed by atoms with van der Waals surface area (Å²) in [4.78, 5) is 14.8. The van der Waals surface area contributed by atoms with Gasteiger partial charge in [0.2, 0.25) is 0 Å². The highest BCUT2D eigenvalue weighted by molar-refractivity contribution is 5.95. The molecule has 2 aromatic carbocycles. The van der Waals surface area contributed by atoms with Gasteiger partial charge in [0.05, 0.1) is 0 Å². The van der Waals surface area contributed by atoms with Gasteiger partial charge in [-0.25, -0.2) is 0 Å². The van der Waals surface area contributed by atoms with Crippen LogP contribution in [0, 0.1) is 0 Å². The van der Waals surface area contributed by atoms with Crippen molar-refractivity contribution in [1.82, 2.24) is 4.90 Å². The van der Waals surface area contributed by atoms with Crippen LogP contribution in [0.4, 0.5) is 0 Å². The highest BCUT2D eigenvalue weighted by Gasteiger charge is 2.25. The molecule has 5 rings (SSSR count). The summed E-state index contributed by atoms with van der Waals surface area (Å²) in [7, 11) is 0. The summed E-state index contributed by atoms with van der Waals surface area (Å²) < 4.78 is 0. The number of carbonyl (C=O) groups is 1. The van der Waals surface area contributed by atoms with E-state index in [0.29, 0.717) is 12.5 Å². The molecule has 0 radical (unpaired) electrons. The largest absolute Gasteiger partial charge is 0.339 e. The summed E-state index contributed by atoms with van der Waals surface area (Å²) in [6.07, 6.45) is 2.94. The van der Waals surface area contributed by atoms with Crippen LogP contribution in [0.3, 0.4) is 0 Å². The van der Waals surface area contributed by atoms with E-state index in [9.17, 15) is 4.79 Å². The predicted molar refractivity (Wildman–Crippen MR) is 123 cm³/mol. The molecular weight excluding hydrogens is 368 g/mol. The first-order valence-electron chi connectivity index (χ1n) is 11.0. The van der Waals surface area contributed by atoms with E-state index < -0.39 is 0 Å². The minimum absolute atomic E-state index is 0.182. The zero-order valence-corrected chi connectivity index (χ0v) is 17.7. The van der Waals surface area contributed by atoms with Crippen molar-refractivity contribution in [3.63, 3.8) is 0 Å². The molecule has 3 aliphatic rings. The van der Waals surface area contributed by atoms with Crippen molar-refractivity contribution >= 4 is 5.91 Å². The van der Waals surface area contributed by atoms with E-state index in [1.54, 1.807) is 0 Å². The summed E-state index contributed by atoms with van der Waals surface area (Å²) in [5.41, 5.74) is 13.1. The Balaban J connectivity index is 0.000000305. The number of aryl methyl sites for hydroxylation is 1. The number of carbonyl (C=O) groups excluding carboxylic acids is 1. The fourth-order valence-corrected chi connectivity index (χ4v) is 4.27. The molecule has 0 saturated carbocycles. The Morgan fingerprint density at radius 3 is 2.23 bits per heavy atom. The Morgan fingerprint density at radius 1 is 0.933 bits per heavy atom. The molecule has 3 heteroatoms. The first-order valence-corrected chi connectivity index (χ1v) is 11.0. The normalized spacial score (nSPS) is 14.7. The zero-order chi connectivity index (χ0) is 20.9. The third kappa shape index (κ3) is 4.63. The van der Waals surface area contributed by atoms with Crippen molar-refractivity contribution in [2.45, 2.75) is 38.6 Å². The van der Waals surface area contributed by atoms with E-state index in [1.165, 1.54) is 22.3 Å². The number of amides is 1. The number of hydrogen-bond acceptors (Lipinski definition) is 2. The zero-order valence-electron chi connectivity index (χ0n) is 17.7. The van der Waals surface area contributed by atoms with E-state index in [1.807, 2.05) is 23.1 Å². The molecule has 2 N–H and O–H groups in total. The van der Waals surface area contributed by atoms with E-state index in [-0.39, 0.29) is 5.91 Å². The molecule has 0 bridgehead atoms. The number of nitrogens with two attached hydrogens (primary N) is 1. The van der Waals surface area contributed by atoms with Crippen LogP contribution in [0.15, 0.2) is 72.8 Å². The molecule has 3 nitrogen and oxygen atoms in total. The van der Waals surface area contributed by atoms with Gasteiger partial charge in [-0.1, -0.05) is 67.6 Å². The summed E-state index contributed by atoms with van der Waals surface area (Å²) in [6.45, 7) is 4.34. The van der Waals surface area contributed by atoms with Crippen LogP contribution in [0.2, 0.25) is 0 Å². The number of fused-ring (bicyclic) bond motifs is 1. The summed E-state index contributed by atoms with van der Waals surface area (Å²) in [5.74, 6) is 0.712. The molecule has 0 aromatic heterocycles. The van der Waals surface area contributed by atoms with E-state index >= 15 is 0 Å². The molecule has 1 saturated heterocycles. The minimum Gasteiger partial charge on any atom is -0.339 e. The maximum atomic E-state index is 12.8. The van der Waals surface area contributed by atoms with Crippen LogP contribution in [-0.2, 0) is 13.0 Å². The molecule has 30 heavy (non-hydrogen) atoms. The number of benzene rings is 3.